The van der Waals surface area contributed by atoms with Crippen LogP contribution >= 0.6 is 0 Å². The second-order valence-corrected chi connectivity index (χ2v) is 7.57. The highest BCUT2D eigenvalue weighted by atomic mass is 16.5. The van der Waals surface area contributed by atoms with Crippen molar-refractivity contribution < 1.29 is 23.7 Å². The quantitative estimate of drug-likeness (QED) is 0.475. The molecule has 0 saturated carbocycles. The Labute approximate surface area is 190 Å². The molecule has 1 aliphatic rings. The normalized spacial score (nSPS) is 15.7. The van der Waals surface area contributed by atoms with Crippen LogP contribution in [0.4, 0.5) is 0 Å². The minimum absolute atomic E-state index is 0.0668. The zero-order valence-corrected chi connectivity index (χ0v) is 19.2. The third-order valence-corrected chi connectivity index (χ3v) is 5.30. The van der Waals surface area contributed by atoms with Gasteiger partial charge in [0.1, 0.15) is 5.75 Å². The van der Waals surface area contributed by atoms with Crippen LogP contribution in [0.2, 0.25) is 0 Å². The number of rotatable bonds is 11. The van der Waals surface area contributed by atoms with Crippen LogP contribution in [0.25, 0.3) is 6.08 Å². The van der Waals surface area contributed by atoms with Crippen molar-refractivity contribution in [2.24, 2.45) is 0 Å². The first-order valence-electron chi connectivity index (χ1n) is 11.2. The molecule has 2 aromatic carbocycles. The molecule has 0 bridgehead atoms. The Bertz CT molecular complexity index is 905. The number of hydrogen-bond donors (Lipinski definition) is 0. The van der Waals surface area contributed by atoms with E-state index in [0.29, 0.717) is 37.8 Å². The van der Waals surface area contributed by atoms with Gasteiger partial charge in [-0.1, -0.05) is 24.3 Å². The Balaban J connectivity index is 1.77. The molecule has 1 fully saturated rings. The van der Waals surface area contributed by atoms with Crippen LogP contribution in [0.1, 0.15) is 37.8 Å². The first-order valence-corrected chi connectivity index (χ1v) is 11.2. The van der Waals surface area contributed by atoms with Crippen LogP contribution in [0.3, 0.4) is 0 Å². The largest absolute Gasteiger partial charge is 0.496 e. The number of ether oxygens (including phenoxy) is 4. The second-order valence-electron chi connectivity index (χ2n) is 7.57. The van der Waals surface area contributed by atoms with Crippen LogP contribution in [0.5, 0.6) is 17.2 Å². The molecular formula is C26H33NO5. The van der Waals surface area contributed by atoms with E-state index in [2.05, 4.69) is 0 Å². The maximum Gasteiger partial charge on any atom is 0.246 e. The van der Waals surface area contributed by atoms with Gasteiger partial charge in [-0.25, -0.2) is 0 Å². The Morgan fingerprint density at radius 1 is 1.09 bits per heavy atom. The molecule has 1 atom stereocenters. The van der Waals surface area contributed by atoms with Crippen LogP contribution in [0.15, 0.2) is 48.5 Å². The minimum Gasteiger partial charge on any atom is -0.496 e. The van der Waals surface area contributed by atoms with Crippen molar-refractivity contribution in [2.45, 2.75) is 39.3 Å². The van der Waals surface area contributed by atoms with Crippen LogP contribution in [-0.4, -0.2) is 50.4 Å². The highest BCUT2D eigenvalue weighted by molar-refractivity contribution is 5.92. The lowest BCUT2D eigenvalue weighted by atomic mass is 10.1. The molecule has 1 heterocycles. The molecule has 1 aliphatic heterocycles. The van der Waals surface area contributed by atoms with Gasteiger partial charge in [0.25, 0.3) is 0 Å². The average molecular weight is 440 g/mol. The molecule has 0 aliphatic carbocycles. The Kier molecular flexibility index (Phi) is 8.99. The van der Waals surface area contributed by atoms with Gasteiger partial charge < -0.3 is 23.8 Å². The topological polar surface area (TPSA) is 57.2 Å². The molecule has 0 radical (unpaired) electrons. The maximum absolute atomic E-state index is 13.2. The van der Waals surface area contributed by atoms with E-state index in [0.717, 1.165) is 36.3 Å². The van der Waals surface area contributed by atoms with Crippen molar-refractivity contribution in [1.82, 2.24) is 4.90 Å². The van der Waals surface area contributed by atoms with Crippen molar-refractivity contribution in [3.8, 4) is 17.2 Å². The van der Waals surface area contributed by atoms with Gasteiger partial charge in [-0.3, -0.25) is 4.79 Å². The van der Waals surface area contributed by atoms with Gasteiger partial charge in [0, 0.05) is 31.3 Å². The summed E-state index contributed by atoms with van der Waals surface area (Å²) in [6.07, 6.45) is 5.48. The van der Waals surface area contributed by atoms with Gasteiger partial charge in [0.05, 0.1) is 26.4 Å². The third kappa shape index (κ3) is 6.50. The number of amides is 1. The SMILES string of the molecule is CCOc1ccc(/C=C/C(=O)N(Cc2ccccc2OC)CC2CCCO2)cc1OCC. The molecule has 32 heavy (non-hydrogen) atoms. The molecule has 0 N–H and O–H groups in total. The third-order valence-electron chi connectivity index (χ3n) is 5.30. The van der Waals surface area contributed by atoms with Gasteiger partial charge in [-0.2, -0.15) is 0 Å². The van der Waals surface area contributed by atoms with Crippen molar-refractivity contribution in [2.75, 3.05) is 33.5 Å². The fourth-order valence-corrected chi connectivity index (χ4v) is 3.75. The minimum atomic E-state index is -0.0711. The van der Waals surface area contributed by atoms with E-state index >= 15 is 0 Å². The smallest absolute Gasteiger partial charge is 0.246 e. The monoisotopic (exact) mass is 439 g/mol. The molecule has 6 heteroatoms. The summed E-state index contributed by atoms with van der Waals surface area (Å²) in [7, 11) is 1.65. The standard InChI is InChI=1S/C26H33NO5/c1-4-30-24-14-12-20(17-25(24)31-5-2)13-15-26(28)27(19-22-10-8-16-32-22)18-21-9-6-7-11-23(21)29-3/h6-7,9,11-15,17,22H,4-5,8,10,16,18-19H2,1-3H3/b15-13+. The molecule has 3 rings (SSSR count). The second kappa shape index (κ2) is 12.2. The van der Waals surface area contributed by atoms with Crippen molar-refractivity contribution >= 4 is 12.0 Å². The number of benzene rings is 2. The highest BCUT2D eigenvalue weighted by Gasteiger charge is 2.22. The van der Waals surface area contributed by atoms with Gasteiger partial charge in [-0.15, -0.1) is 0 Å². The van der Waals surface area contributed by atoms with Gasteiger partial charge >= 0.3 is 0 Å². The number of methoxy groups -OCH3 is 1. The Hall–Kier alpha value is -2.99. The summed E-state index contributed by atoms with van der Waals surface area (Å²) >= 11 is 0. The highest BCUT2D eigenvalue weighted by Crippen LogP contribution is 2.29. The summed E-state index contributed by atoms with van der Waals surface area (Å²) in [4.78, 5) is 15.0. The first kappa shape index (κ1) is 23.7. The van der Waals surface area contributed by atoms with E-state index in [9.17, 15) is 4.79 Å². The summed E-state index contributed by atoms with van der Waals surface area (Å²) in [5.74, 6) is 2.08. The van der Waals surface area contributed by atoms with Crippen molar-refractivity contribution in [1.29, 1.82) is 0 Å². The summed E-state index contributed by atoms with van der Waals surface area (Å²) in [6, 6.07) is 13.5. The number of nitrogens with zero attached hydrogens (tertiary/aromatic N) is 1. The van der Waals surface area contributed by atoms with E-state index in [1.807, 2.05) is 67.3 Å². The van der Waals surface area contributed by atoms with Crippen LogP contribution in [-0.2, 0) is 16.1 Å². The summed E-state index contributed by atoms with van der Waals surface area (Å²) in [6.45, 7) is 6.74. The molecule has 0 aromatic heterocycles. The number of para-hydroxylation sites is 1. The first-order chi connectivity index (χ1) is 15.6. The molecule has 2 aromatic rings. The Morgan fingerprint density at radius 2 is 1.88 bits per heavy atom. The van der Waals surface area contributed by atoms with E-state index in [-0.39, 0.29) is 12.0 Å². The molecule has 1 amide bonds. The number of carbonyl (C=O) groups is 1. The summed E-state index contributed by atoms with van der Waals surface area (Å²) < 4.78 is 22.6. The van der Waals surface area contributed by atoms with Gasteiger partial charge in [-0.05, 0) is 56.5 Å². The summed E-state index contributed by atoms with van der Waals surface area (Å²) in [5, 5.41) is 0. The van der Waals surface area contributed by atoms with Crippen LogP contribution in [0, 0.1) is 0 Å². The molecule has 6 nitrogen and oxygen atoms in total. The summed E-state index contributed by atoms with van der Waals surface area (Å²) in [5.41, 5.74) is 1.84. The lowest BCUT2D eigenvalue weighted by Gasteiger charge is -2.25. The predicted molar refractivity (Wildman–Crippen MR) is 125 cm³/mol. The Morgan fingerprint density at radius 3 is 2.59 bits per heavy atom. The van der Waals surface area contributed by atoms with E-state index < -0.39 is 0 Å². The van der Waals surface area contributed by atoms with E-state index in [1.165, 1.54) is 0 Å². The zero-order chi connectivity index (χ0) is 22.8. The maximum atomic E-state index is 13.2. The fraction of sp³-hybridized carbons (Fsp3) is 0.423. The number of hydrogen-bond acceptors (Lipinski definition) is 5. The van der Waals surface area contributed by atoms with Crippen molar-refractivity contribution in [3.05, 3.63) is 59.7 Å². The lowest BCUT2D eigenvalue weighted by molar-refractivity contribution is -0.128. The molecule has 1 unspecified atom stereocenters. The van der Waals surface area contributed by atoms with E-state index in [1.54, 1.807) is 13.2 Å². The van der Waals surface area contributed by atoms with Crippen molar-refractivity contribution in [3.63, 3.8) is 0 Å². The molecular weight excluding hydrogens is 406 g/mol. The zero-order valence-electron chi connectivity index (χ0n) is 19.2. The average Bonchev–Trinajstić information content (AvgIpc) is 3.32. The molecule has 1 saturated heterocycles. The van der Waals surface area contributed by atoms with Gasteiger partial charge in [0.15, 0.2) is 11.5 Å². The van der Waals surface area contributed by atoms with Crippen LogP contribution < -0.4 is 14.2 Å². The van der Waals surface area contributed by atoms with Gasteiger partial charge in [0.2, 0.25) is 5.91 Å². The fourth-order valence-electron chi connectivity index (χ4n) is 3.75. The lowest BCUT2D eigenvalue weighted by Crippen LogP contribution is -2.36. The predicted octanol–water partition coefficient (Wildman–Crippen LogP) is 4.71. The number of carbonyl (C=O) groups excluding carboxylic acids is 1. The molecule has 0 spiro atoms. The molecule has 172 valence electrons. The van der Waals surface area contributed by atoms with E-state index in [4.69, 9.17) is 18.9 Å².